The molecule has 0 heterocycles. The molecule has 0 unspecified atom stereocenters. The zero-order valence-corrected chi connectivity index (χ0v) is 25.0. The van der Waals surface area contributed by atoms with Crippen molar-refractivity contribution in [3.8, 4) is 11.5 Å². The summed E-state index contributed by atoms with van der Waals surface area (Å²) in [5.74, 6) is 0.851. The van der Waals surface area contributed by atoms with Crippen molar-refractivity contribution in [1.29, 1.82) is 0 Å². The van der Waals surface area contributed by atoms with E-state index < -0.39 is 11.9 Å². The molecule has 0 amide bonds. The Kier molecular flexibility index (Phi) is 18.1. The van der Waals surface area contributed by atoms with Crippen molar-refractivity contribution in [3.63, 3.8) is 0 Å². The number of esters is 2. The molecule has 3 aromatic carbocycles. The molecule has 0 atom stereocenters. The Balaban J connectivity index is 0.000000372. The lowest BCUT2D eigenvalue weighted by Gasteiger charge is -2.10. The molecule has 3 rings (SSSR count). The first-order chi connectivity index (χ1) is 20.2. The van der Waals surface area contributed by atoms with Gasteiger partial charge in [-0.1, -0.05) is 127 Å². The van der Waals surface area contributed by atoms with Crippen molar-refractivity contribution in [2.24, 2.45) is 0 Å². The number of ether oxygens (including phenoxy) is 3. The van der Waals surface area contributed by atoms with E-state index in [1.165, 1.54) is 51.4 Å². The highest BCUT2D eigenvalue weighted by atomic mass is 16.5. The maximum atomic E-state index is 12.4. The largest absolute Gasteiger partial charge is 0.462 e. The van der Waals surface area contributed by atoms with Crippen LogP contribution in [0.25, 0.3) is 0 Å². The second-order valence-electron chi connectivity index (χ2n) is 10.1. The molecule has 41 heavy (non-hydrogen) atoms. The van der Waals surface area contributed by atoms with E-state index in [-0.39, 0.29) is 0 Å². The number of benzene rings is 3. The van der Waals surface area contributed by atoms with Gasteiger partial charge in [0.1, 0.15) is 11.5 Å². The molecule has 0 aliphatic carbocycles. The van der Waals surface area contributed by atoms with Crippen LogP contribution >= 0.6 is 0 Å². The molecule has 3 aromatic rings. The molecule has 0 fully saturated rings. The van der Waals surface area contributed by atoms with Gasteiger partial charge >= 0.3 is 11.9 Å². The van der Waals surface area contributed by atoms with Gasteiger partial charge in [0.2, 0.25) is 0 Å². The van der Waals surface area contributed by atoms with Crippen LogP contribution in [0.5, 0.6) is 11.5 Å². The molecule has 0 N–H and O–H groups in total. The van der Waals surface area contributed by atoms with Crippen molar-refractivity contribution in [2.45, 2.75) is 90.9 Å². The number of rotatable bonds is 18. The van der Waals surface area contributed by atoms with E-state index in [9.17, 15) is 9.59 Å². The summed E-state index contributed by atoms with van der Waals surface area (Å²) >= 11 is 0. The van der Waals surface area contributed by atoms with Crippen molar-refractivity contribution < 1.29 is 23.8 Å². The lowest BCUT2D eigenvalue weighted by Crippen LogP contribution is -2.15. The van der Waals surface area contributed by atoms with E-state index in [4.69, 9.17) is 14.2 Å². The number of carbonyl (C=O) groups is 2. The monoisotopic (exact) mass is 560 g/mol. The Morgan fingerprint density at radius 2 is 0.805 bits per heavy atom. The molecular formula is C36H48O5. The summed E-state index contributed by atoms with van der Waals surface area (Å²) in [7, 11) is 0. The van der Waals surface area contributed by atoms with E-state index in [0.717, 1.165) is 37.2 Å². The standard InChI is InChI=1S/C24H38O4.C12H10O/c1-3-5-7-9-11-15-19-27-23(25)21-17-13-14-18-22(21)24(26)28-20-16-12-10-8-6-4-2;1-3-7-11(8-4-1)13-12-9-5-2-6-10-12/h13-14,17-18H,3-12,15-16,19-20H2,1-2H3;1-10H. The molecule has 0 spiro atoms. The Bertz CT molecular complexity index is 995. The van der Waals surface area contributed by atoms with Crippen molar-refractivity contribution in [2.75, 3.05) is 13.2 Å². The van der Waals surface area contributed by atoms with Crippen molar-refractivity contribution in [3.05, 3.63) is 96.1 Å². The summed E-state index contributed by atoms with van der Waals surface area (Å²) in [5.41, 5.74) is 0.586. The molecule has 0 bridgehead atoms. The molecular weight excluding hydrogens is 512 g/mol. The maximum absolute atomic E-state index is 12.4. The average molecular weight is 561 g/mol. The van der Waals surface area contributed by atoms with Crippen LogP contribution in [0.4, 0.5) is 0 Å². The first kappa shape index (κ1) is 33.6. The predicted octanol–water partition coefficient (Wildman–Crippen LogP) is 10.2. The summed E-state index contributed by atoms with van der Waals surface area (Å²) in [6.45, 7) is 5.17. The van der Waals surface area contributed by atoms with Crippen molar-refractivity contribution in [1.82, 2.24) is 0 Å². The van der Waals surface area contributed by atoms with Gasteiger partial charge in [-0.05, 0) is 49.2 Å². The van der Waals surface area contributed by atoms with Crippen LogP contribution in [0.2, 0.25) is 0 Å². The van der Waals surface area contributed by atoms with Gasteiger partial charge in [-0.15, -0.1) is 0 Å². The molecule has 5 nitrogen and oxygen atoms in total. The first-order valence-electron chi connectivity index (χ1n) is 15.4. The molecule has 0 radical (unpaired) electrons. The van der Waals surface area contributed by atoms with Crippen molar-refractivity contribution >= 4 is 11.9 Å². The third-order valence-corrected chi connectivity index (χ3v) is 6.55. The summed E-state index contributed by atoms with van der Waals surface area (Å²) in [5, 5.41) is 0. The normalized spacial score (nSPS) is 10.3. The van der Waals surface area contributed by atoms with E-state index in [1.54, 1.807) is 24.3 Å². The van der Waals surface area contributed by atoms with Crippen LogP contribution in [-0.2, 0) is 9.47 Å². The van der Waals surface area contributed by atoms with Gasteiger partial charge in [0, 0.05) is 0 Å². The second kappa shape index (κ2) is 22.1. The lowest BCUT2D eigenvalue weighted by atomic mass is 10.1. The molecule has 0 aliphatic rings. The van der Waals surface area contributed by atoms with Crippen LogP contribution < -0.4 is 4.74 Å². The third-order valence-electron chi connectivity index (χ3n) is 6.55. The number of unbranched alkanes of at least 4 members (excludes halogenated alkanes) is 10. The minimum absolute atomic E-state index is 0.293. The SMILES string of the molecule is CCCCCCCCOC(=O)c1ccccc1C(=O)OCCCCCCCC.c1ccc(Oc2ccccc2)cc1. The number of hydrogen-bond acceptors (Lipinski definition) is 5. The minimum Gasteiger partial charge on any atom is -0.462 e. The van der Waals surface area contributed by atoms with Gasteiger partial charge in [-0.2, -0.15) is 0 Å². The van der Waals surface area contributed by atoms with E-state index in [2.05, 4.69) is 13.8 Å². The fraction of sp³-hybridized carbons (Fsp3) is 0.444. The highest BCUT2D eigenvalue weighted by molar-refractivity contribution is 6.03. The highest BCUT2D eigenvalue weighted by Gasteiger charge is 2.18. The van der Waals surface area contributed by atoms with Gasteiger partial charge in [-0.25, -0.2) is 9.59 Å². The molecule has 0 aliphatic heterocycles. The highest BCUT2D eigenvalue weighted by Crippen LogP contribution is 2.19. The Labute approximate surface area is 247 Å². The zero-order valence-electron chi connectivity index (χ0n) is 25.0. The summed E-state index contributed by atoms with van der Waals surface area (Å²) in [4.78, 5) is 24.7. The van der Waals surface area contributed by atoms with Crippen LogP contribution in [0.1, 0.15) is 112 Å². The molecule has 0 aromatic heterocycles. The predicted molar refractivity (Wildman–Crippen MR) is 167 cm³/mol. The molecule has 0 saturated heterocycles. The quantitative estimate of drug-likeness (QED) is 0.114. The first-order valence-corrected chi connectivity index (χ1v) is 15.4. The fourth-order valence-corrected chi connectivity index (χ4v) is 4.20. The van der Waals surface area contributed by atoms with Gasteiger partial charge in [0.25, 0.3) is 0 Å². The second-order valence-corrected chi connectivity index (χ2v) is 10.1. The average Bonchev–Trinajstić information content (AvgIpc) is 3.01. The van der Waals surface area contributed by atoms with Gasteiger partial charge in [0.15, 0.2) is 0 Å². The van der Waals surface area contributed by atoms with E-state index in [1.807, 2.05) is 60.7 Å². The van der Waals surface area contributed by atoms with Gasteiger partial charge in [0.05, 0.1) is 24.3 Å². The summed E-state index contributed by atoms with van der Waals surface area (Å²) < 4.78 is 16.3. The fourth-order valence-electron chi connectivity index (χ4n) is 4.20. The Morgan fingerprint density at radius 1 is 0.463 bits per heavy atom. The smallest absolute Gasteiger partial charge is 0.339 e. The minimum atomic E-state index is -0.444. The number of para-hydroxylation sites is 2. The number of carbonyl (C=O) groups excluding carboxylic acids is 2. The maximum Gasteiger partial charge on any atom is 0.339 e. The van der Waals surface area contributed by atoms with E-state index in [0.29, 0.717) is 24.3 Å². The van der Waals surface area contributed by atoms with Crippen LogP contribution in [0, 0.1) is 0 Å². The number of hydrogen-bond donors (Lipinski definition) is 0. The van der Waals surface area contributed by atoms with Gasteiger partial charge < -0.3 is 14.2 Å². The molecule has 5 heteroatoms. The molecule has 222 valence electrons. The topological polar surface area (TPSA) is 61.8 Å². The summed E-state index contributed by atoms with van der Waals surface area (Å²) in [6, 6.07) is 26.3. The van der Waals surface area contributed by atoms with Gasteiger partial charge in [-0.3, -0.25) is 0 Å². The summed E-state index contributed by atoms with van der Waals surface area (Å²) in [6.07, 6.45) is 13.6. The lowest BCUT2D eigenvalue weighted by molar-refractivity contribution is 0.0450. The molecule has 0 saturated carbocycles. The Hall–Kier alpha value is -3.60. The zero-order chi connectivity index (χ0) is 29.4. The van der Waals surface area contributed by atoms with Crippen LogP contribution in [0.3, 0.4) is 0 Å². The Morgan fingerprint density at radius 3 is 1.20 bits per heavy atom. The third kappa shape index (κ3) is 15.1. The van der Waals surface area contributed by atoms with Crippen LogP contribution in [0.15, 0.2) is 84.9 Å². The van der Waals surface area contributed by atoms with E-state index >= 15 is 0 Å². The van der Waals surface area contributed by atoms with Crippen LogP contribution in [-0.4, -0.2) is 25.2 Å².